The second-order valence-electron chi connectivity index (χ2n) is 5.66. The Morgan fingerprint density at radius 1 is 1.23 bits per heavy atom. The maximum atomic E-state index is 12.9. The van der Waals surface area contributed by atoms with Gasteiger partial charge in [0.05, 0.1) is 5.25 Å². The molecular weight excluding hydrogens is 417 g/mol. The van der Waals surface area contributed by atoms with Crippen molar-refractivity contribution in [1.82, 2.24) is 14.9 Å². The molecule has 1 amide bonds. The molecule has 7 heteroatoms. The topological polar surface area (TPSA) is 46.9 Å². The molecule has 4 nitrogen and oxygen atoms in total. The third-order valence-corrected chi connectivity index (χ3v) is 5.35. The van der Waals surface area contributed by atoms with Crippen molar-refractivity contribution in [3.63, 3.8) is 0 Å². The van der Waals surface area contributed by atoms with Crippen LogP contribution in [0.2, 0.25) is 0 Å². The highest BCUT2D eigenvalue weighted by molar-refractivity contribution is 9.10. The Bertz CT molecular complexity index is 881. The summed E-state index contributed by atoms with van der Waals surface area (Å²) in [5, 5.41) is 3.31. The molecule has 1 unspecified atom stereocenters. The van der Waals surface area contributed by atoms with E-state index in [0.717, 1.165) is 20.9 Å². The number of thioether (sulfide) groups is 1. The SMILES string of the molecule is CC(Sc1nccn1-c1ccc(Br)cc1)C(=O)NCc1ccc(F)cc1. The number of nitrogens with one attached hydrogen (secondary N) is 1. The average Bonchev–Trinajstić information content (AvgIpc) is 3.09. The smallest absolute Gasteiger partial charge is 0.233 e. The van der Waals surface area contributed by atoms with Crippen molar-refractivity contribution in [2.75, 3.05) is 0 Å². The molecule has 0 spiro atoms. The number of halogens is 2. The lowest BCUT2D eigenvalue weighted by atomic mass is 10.2. The van der Waals surface area contributed by atoms with Crippen molar-refractivity contribution >= 4 is 33.6 Å². The zero-order chi connectivity index (χ0) is 18.5. The first-order valence-corrected chi connectivity index (χ1v) is 9.68. The van der Waals surface area contributed by atoms with Crippen LogP contribution in [0.1, 0.15) is 12.5 Å². The van der Waals surface area contributed by atoms with Crippen molar-refractivity contribution < 1.29 is 9.18 Å². The lowest BCUT2D eigenvalue weighted by Crippen LogP contribution is -2.30. The predicted octanol–water partition coefficient (Wildman–Crippen LogP) is 4.57. The molecule has 1 N–H and O–H groups in total. The van der Waals surface area contributed by atoms with Crippen LogP contribution in [0.15, 0.2) is 70.6 Å². The number of carbonyl (C=O) groups is 1. The molecule has 1 aromatic heterocycles. The van der Waals surface area contributed by atoms with Gasteiger partial charge in [0.2, 0.25) is 5.91 Å². The molecule has 3 rings (SSSR count). The Kier molecular flexibility index (Phi) is 6.11. The normalized spacial score (nSPS) is 12.0. The first kappa shape index (κ1) is 18.7. The molecule has 0 radical (unpaired) electrons. The fourth-order valence-corrected chi connectivity index (χ4v) is 3.49. The van der Waals surface area contributed by atoms with Crippen LogP contribution in [0.4, 0.5) is 4.39 Å². The van der Waals surface area contributed by atoms with Crippen molar-refractivity contribution in [1.29, 1.82) is 0 Å². The van der Waals surface area contributed by atoms with Crippen LogP contribution >= 0.6 is 27.7 Å². The van der Waals surface area contributed by atoms with Gasteiger partial charge in [0.25, 0.3) is 0 Å². The van der Waals surface area contributed by atoms with E-state index in [1.165, 1.54) is 23.9 Å². The molecule has 134 valence electrons. The number of carbonyl (C=O) groups excluding carboxylic acids is 1. The molecule has 26 heavy (non-hydrogen) atoms. The summed E-state index contributed by atoms with van der Waals surface area (Å²) >= 11 is 4.81. The van der Waals surface area contributed by atoms with E-state index >= 15 is 0 Å². The molecule has 1 heterocycles. The van der Waals surface area contributed by atoms with Crippen LogP contribution in [0.5, 0.6) is 0 Å². The Morgan fingerprint density at radius 3 is 2.62 bits per heavy atom. The quantitative estimate of drug-likeness (QED) is 0.579. The summed E-state index contributed by atoms with van der Waals surface area (Å²) in [5.41, 5.74) is 1.83. The third kappa shape index (κ3) is 4.74. The predicted molar refractivity (Wildman–Crippen MR) is 105 cm³/mol. The van der Waals surface area contributed by atoms with E-state index in [2.05, 4.69) is 26.2 Å². The monoisotopic (exact) mass is 433 g/mol. The van der Waals surface area contributed by atoms with Gasteiger partial charge in [-0.1, -0.05) is 39.8 Å². The lowest BCUT2D eigenvalue weighted by Gasteiger charge is -2.13. The molecule has 0 aliphatic carbocycles. The summed E-state index contributed by atoms with van der Waals surface area (Å²) in [6.07, 6.45) is 3.59. The second kappa shape index (κ2) is 8.51. The van der Waals surface area contributed by atoms with Gasteiger partial charge in [0.15, 0.2) is 5.16 Å². The number of hydrogen-bond acceptors (Lipinski definition) is 3. The maximum absolute atomic E-state index is 12.9. The minimum atomic E-state index is -0.313. The lowest BCUT2D eigenvalue weighted by molar-refractivity contribution is -0.120. The molecule has 0 saturated heterocycles. The van der Waals surface area contributed by atoms with Gasteiger partial charge in [-0.3, -0.25) is 9.36 Å². The Hall–Kier alpha value is -2.12. The van der Waals surface area contributed by atoms with E-state index in [9.17, 15) is 9.18 Å². The zero-order valence-electron chi connectivity index (χ0n) is 14.0. The standard InChI is InChI=1S/C19H17BrFN3OS/c1-13(18(25)23-12-14-2-6-16(21)7-3-14)26-19-22-10-11-24(19)17-8-4-15(20)5-9-17/h2-11,13H,12H2,1H3,(H,23,25). The molecule has 1 atom stereocenters. The van der Waals surface area contributed by atoms with Crippen LogP contribution in [-0.2, 0) is 11.3 Å². The first-order chi connectivity index (χ1) is 12.5. The van der Waals surface area contributed by atoms with Crippen LogP contribution < -0.4 is 5.32 Å². The van der Waals surface area contributed by atoms with Crippen molar-refractivity contribution in [2.45, 2.75) is 23.9 Å². The van der Waals surface area contributed by atoms with E-state index in [4.69, 9.17) is 0 Å². The minimum Gasteiger partial charge on any atom is -0.351 e. The van der Waals surface area contributed by atoms with E-state index in [-0.39, 0.29) is 17.0 Å². The molecule has 0 saturated carbocycles. The summed E-state index contributed by atoms with van der Waals surface area (Å²) < 4.78 is 15.9. The maximum Gasteiger partial charge on any atom is 0.233 e. The number of hydrogen-bond donors (Lipinski definition) is 1. The Balaban J connectivity index is 1.62. The van der Waals surface area contributed by atoms with Gasteiger partial charge in [-0.05, 0) is 48.9 Å². The van der Waals surface area contributed by atoms with E-state index in [1.54, 1.807) is 18.3 Å². The summed E-state index contributed by atoms with van der Waals surface area (Å²) in [6, 6.07) is 14.0. The number of amides is 1. The van der Waals surface area contributed by atoms with Gasteiger partial charge in [0.1, 0.15) is 5.82 Å². The fourth-order valence-electron chi connectivity index (χ4n) is 2.32. The summed E-state index contributed by atoms with van der Waals surface area (Å²) in [7, 11) is 0. The van der Waals surface area contributed by atoms with Gasteiger partial charge < -0.3 is 5.32 Å². The van der Waals surface area contributed by atoms with Gasteiger partial charge in [-0.2, -0.15) is 0 Å². The van der Waals surface area contributed by atoms with E-state index < -0.39 is 0 Å². The van der Waals surface area contributed by atoms with E-state index in [0.29, 0.717) is 6.54 Å². The van der Waals surface area contributed by atoms with Crippen LogP contribution in [0.25, 0.3) is 5.69 Å². The van der Waals surface area contributed by atoms with Gasteiger partial charge in [0, 0.05) is 29.1 Å². The molecule has 2 aromatic carbocycles. The Labute approximate surface area is 164 Å². The van der Waals surface area contributed by atoms with Gasteiger partial charge in [-0.25, -0.2) is 9.37 Å². The number of rotatable bonds is 6. The largest absolute Gasteiger partial charge is 0.351 e. The molecule has 0 aliphatic rings. The molecule has 0 fully saturated rings. The number of imidazole rings is 1. The fraction of sp³-hybridized carbons (Fsp3) is 0.158. The zero-order valence-corrected chi connectivity index (χ0v) is 16.4. The molecule has 3 aromatic rings. The van der Waals surface area contributed by atoms with Gasteiger partial charge in [-0.15, -0.1) is 0 Å². The number of nitrogens with zero attached hydrogens (tertiary/aromatic N) is 2. The van der Waals surface area contributed by atoms with Gasteiger partial charge >= 0.3 is 0 Å². The Morgan fingerprint density at radius 2 is 1.92 bits per heavy atom. The van der Waals surface area contributed by atoms with Crippen molar-refractivity contribution in [2.24, 2.45) is 0 Å². The van der Waals surface area contributed by atoms with Crippen LogP contribution in [0, 0.1) is 5.82 Å². The molecule has 0 bridgehead atoms. The molecule has 0 aliphatic heterocycles. The summed E-state index contributed by atoms with van der Waals surface area (Å²) in [4.78, 5) is 16.7. The van der Waals surface area contributed by atoms with Crippen LogP contribution in [0.3, 0.4) is 0 Å². The molecular formula is C19H17BrFN3OS. The average molecular weight is 434 g/mol. The highest BCUT2D eigenvalue weighted by Gasteiger charge is 2.17. The minimum absolute atomic E-state index is 0.0929. The van der Waals surface area contributed by atoms with Crippen LogP contribution in [-0.4, -0.2) is 20.7 Å². The highest BCUT2D eigenvalue weighted by Crippen LogP contribution is 2.25. The first-order valence-electron chi connectivity index (χ1n) is 8.01. The van der Waals surface area contributed by atoms with Crippen molar-refractivity contribution in [3.05, 3.63) is 76.8 Å². The number of benzene rings is 2. The highest BCUT2D eigenvalue weighted by atomic mass is 79.9. The van der Waals surface area contributed by atoms with E-state index in [1.807, 2.05) is 42.0 Å². The summed E-state index contributed by atoms with van der Waals surface area (Å²) in [5.74, 6) is -0.381. The van der Waals surface area contributed by atoms with Crippen molar-refractivity contribution in [3.8, 4) is 5.69 Å². The second-order valence-corrected chi connectivity index (χ2v) is 7.88. The number of aromatic nitrogens is 2. The third-order valence-electron chi connectivity index (χ3n) is 3.74. The summed E-state index contributed by atoms with van der Waals surface area (Å²) in [6.45, 7) is 2.20.